The van der Waals surface area contributed by atoms with E-state index in [0.29, 0.717) is 6.61 Å². The van der Waals surface area contributed by atoms with E-state index in [1.54, 1.807) is 0 Å². The minimum atomic E-state index is -0.0999. The Hall–Kier alpha value is -0.120. The molecule has 0 bridgehead atoms. The zero-order valence-electron chi connectivity index (χ0n) is 7.17. The summed E-state index contributed by atoms with van der Waals surface area (Å²) in [5.74, 6) is 0. The van der Waals surface area contributed by atoms with Crippen LogP contribution in [0.3, 0.4) is 0 Å². The van der Waals surface area contributed by atoms with Crippen LogP contribution < -0.4 is 0 Å². The van der Waals surface area contributed by atoms with E-state index in [0.717, 1.165) is 12.8 Å². The summed E-state index contributed by atoms with van der Waals surface area (Å²) in [6, 6.07) is 0. The first-order valence-corrected chi connectivity index (χ1v) is 4.04. The first-order chi connectivity index (χ1) is 5.14. The van der Waals surface area contributed by atoms with Crippen molar-refractivity contribution in [3.05, 3.63) is 0 Å². The molecule has 1 saturated heterocycles. The van der Waals surface area contributed by atoms with E-state index >= 15 is 0 Å². The van der Waals surface area contributed by atoms with Crippen molar-refractivity contribution in [1.29, 1.82) is 0 Å². The third-order valence-electron chi connectivity index (χ3n) is 1.83. The molecule has 1 aliphatic heterocycles. The fraction of sp³-hybridized carbons (Fsp3) is 1.00. The van der Waals surface area contributed by atoms with E-state index in [9.17, 15) is 0 Å². The Labute approximate surface area is 67.3 Å². The summed E-state index contributed by atoms with van der Waals surface area (Å²) in [5, 5.41) is 8.48. The van der Waals surface area contributed by atoms with Gasteiger partial charge in [-0.25, -0.2) is 0 Å². The minimum Gasteiger partial charge on any atom is -0.394 e. The molecular formula is C8H16O3. The van der Waals surface area contributed by atoms with Crippen molar-refractivity contribution in [2.24, 2.45) is 0 Å². The Morgan fingerprint density at radius 1 is 1.64 bits per heavy atom. The lowest BCUT2D eigenvalue weighted by molar-refractivity contribution is -0.161. The van der Waals surface area contributed by atoms with Gasteiger partial charge in [-0.1, -0.05) is 0 Å². The average molecular weight is 160 g/mol. The van der Waals surface area contributed by atoms with Crippen LogP contribution in [0.15, 0.2) is 0 Å². The van der Waals surface area contributed by atoms with Crippen LogP contribution in [0.1, 0.15) is 26.7 Å². The van der Waals surface area contributed by atoms with Gasteiger partial charge in [-0.15, -0.1) is 0 Å². The highest BCUT2D eigenvalue weighted by molar-refractivity contribution is 4.76. The largest absolute Gasteiger partial charge is 0.394 e. The van der Waals surface area contributed by atoms with Crippen molar-refractivity contribution in [3.8, 4) is 0 Å². The van der Waals surface area contributed by atoms with Crippen molar-refractivity contribution >= 4 is 0 Å². The molecule has 0 aromatic heterocycles. The summed E-state index contributed by atoms with van der Waals surface area (Å²) in [4.78, 5) is 0. The van der Waals surface area contributed by atoms with Gasteiger partial charge in [0.2, 0.25) is 0 Å². The molecule has 1 unspecified atom stereocenters. The minimum absolute atomic E-state index is 0.0415. The number of rotatable bonds is 3. The molecule has 0 saturated carbocycles. The van der Waals surface area contributed by atoms with Crippen LogP contribution in [0.5, 0.6) is 0 Å². The van der Waals surface area contributed by atoms with Gasteiger partial charge in [-0.05, 0) is 20.3 Å². The van der Waals surface area contributed by atoms with E-state index in [1.807, 2.05) is 0 Å². The highest BCUT2D eigenvalue weighted by Gasteiger charge is 2.31. The Bertz CT molecular complexity index is 123. The van der Waals surface area contributed by atoms with Crippen LogP contribution in [-0.2, 0) is 9.47 Å². The lowest BCUT2D eigenvalue weighted by Gasteiger charge is -2.18. The molecular weight excluding hydrogens is 144 g/mol. The first-order valence-electron chi connectivity index (χ1n) is 4.04. The summed E-state index contributed by atoms with van der Waals surface area (Å²) in [7, 11) is 0. The second kappa shape index (κ2) is 3.52. The third kappa shape index (κ3) is 2.77. The molecule has 1 atom stereocenters. The van der Waals surface area contributed by atoms with Crippen LogP contribution in [0.4, 0.5) is 0 Å². The molecule has 11 heavy (non-hydrogen) atoms. The van der Waals surface area contributed by atoms with E-state index in [2.05, 4.69) is 13.8 Å². The van der Waals surface area contributed by atoms with Gasteiger partial charge in [0.15, 0.2) is 6.29 Å². The molecule has 0 spiro atoms. The summed E-state index contributed by atoms with van der Waals surface area (Å²) in [6.45, 7) is 4.55. The lowest BCUT2D eigenvalue weighted by Crippen LogP contribution is -2.22. The van der Waals surface area contributed by atoms with E-state index in [1.165, 1.54) is 0 Å². The van der Waals surface area contributed by atoms with Crippen LogP contribution in [-0.4, -0.2) is 30.2 Å². The monoisotopic (exact) mass is 160 g/mol. The van der Waals surface area contributed by atoms with Gasteiger partial charge in [-0.2, -0.15) is 0 Å². The highest BCUT2D eigenvalue weighted by atomic mass is 16.7. The normalized spacial score (nSPS) is 29.2. The van der Waals surface area contributed by atoms with Gasteiger partial charge < -0.3 is 14.6 Å². The molecule has 66 valence electrons. The zero-order chi connectivity index (χ0) is 8.32. The molecule has 3 nitrogen and oxygen atoms in total. The van der Waals surface area contributed by atoms with Crippen LogP contribution in [0.2, 0.25) is 0 Å². The van der Waals surface area contributed by atoms with Gasteiger partial charge in [0, 0.05) is 6.42 Å². The fourth-order valence-electron chi connectivity index (χ4n) is 1.24. The second-order valence-electron chi connectivity index (χ2n) is 3.44. The van der Waals surface area contributed by atoms with E-state index in [-0.39, 0.29) is 18.5 Å². The number of hydrogen-bond acceptors (Lipinski definition) is 3. The van der Waals surface area contributed by atoms with Crippen molar-refractivity contribution < 1.29 is 14.6 Å². The maximum Gasteiger partial charge on any atom is 0.158 e. The van der Waals surface area contributed by atoms with E-state index in [4.69, 9.17) is 14.6 Å². The summed E-state index contributed by atoms with van der Waals surface area (Å²) in [5.41, 5.74) is -0.0415. The number of aliphatic hydroxyl groups is 1. The Morgan fingerprint density at radius 3 is 2.82 bits per heavy atom. The maximum atomic E-state index is 8.48. The smallest absolute Gasteiger partial charge is 0.158 e. The molecule has 1 aliphatic rings. The maximum absolute atomic E-state index is 8.48. The van der Waals surface area contributed by atoms with Gasteiger partial charge in [0.05, 0.1) is 18.8 Å². The van der Waals surface area contributed by atoms with Crippen molar-refractivity contribution in [1.82, 2.24) is 0 Å². The van der Waals surface area contributed by atoms with Crippen LogP contribution in [0, 0.1) is 0 Å². The molecule has 1 fully saturated rings. The molecule has 0 aliphatic carbocycles. The predicted octanol–water partition coefficient (Wildman–Crippen LogP) is 0.910. The van der Waals surface area contributed by atoms with Crippen molar-refractivity contribution in [2.45, 2.75) is 38.6 Å². The predicted molar refractivity (Wildman–Crippen MR) is 41.2 cm³/mol. The quantitative estimate of drug-likeness (QED) is 0.667. The molecule has 0 aromatic carbocycles. The molecule has 0 radical (unpaired) electrons. The Kier molecular flexibility index (Phi) is 2.87. The van der Waals surface area contributed by atoms with Gasteiger partial charge in [-0.3, -0.25) is 0 Å². The molecule has 3 heteroatoms. The highest BCUT2D eigenvalue weighted by Crippen LogP contribution is 2.29. The zero-order valence-corrected chi connectivity index (χ0v) is 7.17. The molecule has 0 aromatic rings. The Morgan fingerprint density at radius 2 is 2.36 bits per heavy atom. The first kappa shape index (κ1) is 8.97. The van der Waals surface area contributed by atoms with E-state index < -0.39 is 0 Å². The van der Waals surface area contributed by atoms with Crippen molar-refractivity contribution in [3.63, 3.8) is 0 Å². The SMILES string of the molecule is CC1(C)CCC(OCCO)O1. The number of ether oxygens (including phenoxy) is 2. The van der Waals surface area contributed by atoms with Crippen LogP contribution >= 0.6 is 0 Å². The van der Waals surface area contributed by atoms with Gasteiger partial charge in [0.1, 0.15) is 0 Å². The molecule has 1 heterocycles. The van der Waals surface area contributed by atoms with Gasteiger partial charge >= 0.3 is 0 Å². The topological polar surface area (TPSA) is 38.7 Å². The summed E-state index contributed by atoms with van der Waals surface area (Å²) < 4.78 is 10.7. The van der Waals surface area contributed by atoms with Crippen LogP contribution in [0.25, 0.3) is 0 Å². The fourth-order valence-corrected chi connectivity index (χ4v) is 1.24. The summed E-state index contributed by atoms with van der Waals surface area (Å²) in [6.07, 6.45) is 1.87. The molecule has 1 rings (SSSR count). The second-order valence-corrected chi connectivity index (χ2v) is 3.44. The van der Waals surface area contributed by atoms with Gasteiger partial charge in [0.25, 0.3) is 0 Å². The average Bonchev–Trinajstić information content (AvgIpc) is 2.26. The standard InChI is InChI=1S/C8H16O3/c1-8(2)4-3-7(11-8)10-6-5-9/h7,9H,3-6H2,1-2H3. The summed E-state index contributed by atoms with van der Waals surface area (Å²) >= 11 is 0. The number of aliphatic hydroxyl groups excluding tert-OH is 1. The molecule has 0 amide bonds. The molecule has 1 N–H and O–H groups in total. The lowest BCUT2D eigenvalue weighted by atomic mass is 10.1. The van der Waals surface area contributed by atoms with Crippen molar-refractivity contribution in [2.75, 3.05) is 13.2 Å². The third-order valence-corrected chi connectivity index (χ3v) is 1.83. The number of hydrogen-bond donors (Lipinski definition) is 1. The Balaban J connectivity index is 2.20.